The van der Waals surface area contributed by atoms with E-state index in [1.165, 1.54) is 5.56 Å². The minimum absolute atomic E-state index is 0.0878. The summed E-state index contributed by atoms with van der Waals surface area (Å²) in [5.74, 6) is 1.01. The van der Waals surface area contributed by atoms with Crippen molar-refractivity contribution in [1.82, 2.24) is 5.32 Å². The fourth-order valence-electron chi connectivity index (χ4n) is 3.70. The molecule has 0 spiro atoms. The molecule has 1 aliphatic carbocycles. The van der Waals surface area contributed by atoms with Crippen molar-refractivity contribution in [3.05, 3.63) is 35.4 Å². The number of nitrogens with one attached hydrogen (secondary N) is 1. The zero-order chi connectivity index (χ0) is 16.8. The molecule has 3 heteroatoms. The molecule has 2 fully saturated rings. The highest BCUT2D eigenvalue weighted by Gasteiger charge is 2.57. The van der Waals surface area contributed by atoms with Gasteiger partial charge in [-0.25, -0.2) is 0 Å². The van der Waals surface area contributed by atoms with Crippen LogP contribution in [0.4, 0.5) is 0 Å². The van der Waals surface area contributed by atoms with Crippen LogP contribution in [0.3, 0.4) is 0 Å². The number of hydrogen-bond donors (Lipinski definition) is 1. The molecule has 2 aliphatic rings. The number of Topliss-reactive ketones (excluding diaryl/α,β-unsaturated/α-hetero) is 1. The molecule has 3 nitrogen and oxygen atoms in total. The molecule has 1 saturated carbocycles. The third-order valence-electron chi connectivity index (χ3n) is 5.70. The first kappa shape index (κ1) is 16.7. The summed E-state index contributed by atoms with van der Waals surface area (Å²) >= 11 is 0. The van der Waals surface area contributed by atoms with E-state index < -0.39 is 11.1 Å². The number of carbonyl (C=O) groups is 1. The lowest BCUT2D eigenvalue weighted by Crippen LogP contribution is -2.69. The minimum Gasteiger partial charge on any atom is -0.364 e. The summed E-state index contributed by atoms with van der Waals surface area (Å²) in [5.41, 5.74) is 1.08. The van der Waals surface area contributed by atoms with Crippen molar-refractivity contribution < 1.29 is 9.53 Å². The smallest absolute Gasteiger partial charge is 0.158 e. The quantitative estimate of drug-likeness (QED) is 0.919. The molecule has 0 amide bonds. The molecule has 1 aromatic rings. The highest BCUT2D eigenvalue weighted by Crippen LogP contribution is 2.45. The standard InChI is InChI=1S/C20H29NO2/c1-13(2)15-8-10-17(11-9-15)20(5)19(4,18(22)16-6-7-16)21-12-14(3)23-20/h8-11,13-14,16,21H,6-7,12H2,1-5H3. The monoisotopic (exact) mass is 315 g/mol. The topological polar surface area (TPSA) is 38.3 Å². The summed E-state index contributed by atoms with van der Waals surface area (Å²) in [6.07, 6.45) is 2.13. The number of ether oxygens (including phenoxy) is 1. The largest absolute Gasteiger partial charge is 0.364 e. The van der Waals surface area contributed by atoms with Gasteiger partial charge in [0.25, 0.3) is 0 Å². The molecule has 0 radical (unpaired) electrons. The van der Waals surface area contributed by atoms with E-state index in [0.717, 1.165) is 18.4 Å². The molecular weight excluding hydrogens is 286 g/mol. The Bertz CT molecular complexity index is 590. The van der Waals surface area contributed by atoms with Crippen molar-refractivity contribution in [2.45, 2.75) is 70.6 Å². The number of carbonyl (C=O) groups excluding carboxylic acids is 1. The van der Waals surface area contributed by atoms with Crippen molar-refractivity contribution in [2.24, 2.45) is 5.92 Å². The normalized spacial score (nSPS) is 34.6. The van der Waals surface area contributed by atoms with E-state index in [0.29, 0.717) is 18.2 Å². The summed E-state index contributed by atoms with van der Waals surface area (Å²) in [5, 5.41) is 3.52. The van der Waals surface area contributed by atoms with Crippen LogP contribution in [0, 0.1) is 5.92 Å². The zero-order valence-electron chi connectivity index (χ0n) is 15.0. The maximum absolute atomic E-state index is 13.0. The van der Waals surface area contributed by atoms with Gasteiger partial charge in [-0.05, 0) is 50.7 Å². The maximum Gasteiger partial charge on any atom is 0.158 e. The molecular formula is C20H29NO2. The third-order valence-corrected chi connectivity index (χ3v) is 5.70. The first-order chi connectivity index (χ1) is 10.8. The highest BCUT2D eigenvalue weighted by molar-refractivity contribution is 5.93. The average Bonchev–Trinajstić information content (AvgIpc) is 3.35. The predicted molar refractivity (Wildman–Crippen MR) is 92.6 cm³/mol. The van der Waals surface area contributed by atoms with Crippen molar-refractivity contribution in [2.75, 3.05) is 6.54 Å². The molecule has 3 rings (SSSR count). The van der Waals surface area contributed by atoms with Gasteiger partial charge in [-0.15, -0.1) is 0 Å². The molecule has 3 unspecified atom stereocenters. The first-order valence-electron chi connectivity index (χ1n) is 8.85. The summed E-state index contributed by atoms with van der Waals surface area (Å²) in [4.78, 5) is 13.0. The van der Waals surface area contributed by atoms with Gasteiger partial charge in [0.05, 0.1) is 6.10 Å². The number of morpholine rings is 1. The van der Waals surface area contributed by atoms with E-state index in [1.807, 2.05) is 6.92 Å². The Labute approximate surface area is 139 Å². The summed E-state index contributed by atoms with van der Waals surface area (Å²) in [6, 6.07) is 8.59. The van der Waals surface area contributed by atoms with Crippen LogP contribution in [0.2, 0.25) is 0 Å². The number of benzene rings is 1. The lowest BCUT2D eigenvalue weighted by atomic mass is 9.71. The van der Waals surface area contributed by atoms with Gasteiger partial charge in [-0.2, -0.15) is 0 Å². The third kappa shape index (κ3) is 2.74. The fourth-order valence-corrected chi connectivity index (χ4v) is 3.70. The lowest BCUT2D eigenvalue weighted by Gasteiger charge is -2.51. The van der Waals surface area contributed by atoms with Gasteiger partial charge in [-0.3, -0.25) is 10.1 Å². The van der Waals surface area contributed by atoms with Gasteiger partial charge >= 0.3 is 0 Å². The van der Waals surface area contributed by atoms with E-state index >= 15 is 0 Å². The van der Waals surface area contributed by atoms with Crippen LogP contribution in [-0.2, 0) is 15.1 Å². The predicted octanol–water partition coefficient (Wildman–Crippen LogP) is 3.77. The van der Waals surface area contributed by atoms with Gasteiger partial charge < -0.3 is 4.74 Å². The van der Waals surface area contributed by atoms with Crippen molar-refractivity contribution >= 4 is 5.78 Å². The summed E-state index contributed by atoms with van der Waals surface area (Å²) in [7, 11) is 0. The molecule has 23 heavy (non-hydrogen) atoms. The van der Waals surface area contributed by atoms with E-state index in [-0.39, 0.29) is 12.0 Å². The molecule has 1 saturated heterocycles. The Morgan fingerprint density at radius 2 is 1.83 bits per heavy atom. The molecule has 1 N–H and O–H groups in total. The van der Waals surface area contributed by atoms with Gasteiger partial charge in [0.2, 0.25) is 0 Å². The van der Waals surface area contributed by atoms with E-state index in [9.17, 15) is 4.79 Å². The SMILES string of the molecule is CC1CNC(C)(C(=O)C2CC2)C(C)(c2ccc(C(C)C)cc2)O1. The second-order valence-electron chi connectivity index (χ2n) is 7.88. The van der Waals surface area contributed by atoms with Crippen molar-refractivity contribution in [1.29, 1.82) is 0 Å². The van der Waals surface area contributed by atoms with Crippen LogP contribution >= 0.6 is 0 Å². The Morgan fingerprint density at radius 1 is 1.22 bits per heavy atom. The molecule has 126 valence electrons. The Balaban J connectivity index is 2.00. The maximum atomic E-state index is 13.0. The number of ketones is 1. The molecule has 0 aromatic heterocycles. The van der Waals surface area contributed by atoms with Gasteiger partial charge in [0.1, 0.15) is 11.1 Å². The number of hydrogen-bond acceptors (Lipinski definition) is 3. The van der Waals surface area contributed by atoms with Crippen LogP contribution in [0.25, 0.3) is 0 Å². The second-order valence-corrected chi connectivity index (χ2v) is 7.88. The lowest BCUT2D eigenvalue weighted by molar-refractivity contribution is -0.176. The van der Waals surface area contributed by atoms with Gasteiger partial charge in [0.15, 0.2) is 5.78 Å². The van der Waals surface area contributed by atoms with Crippen LogP contribution in [-0.4, -0.2) is 24.0 Å². The van der Waals surface area contributed by atoms with E-state index in [2.05, 4.69) is 57.3 Å². The Hall–Kier alpha value is -1.19. The van der Waals surface area contributed by atoms with Gasteiger partial charge in [0, 0.05) is 12.5 Å². The zero-order valence-corrected chi connectivity index (χ0v) is 15.0. The fraction of sp³-hybridized carbons (Fsp3) is 0.650. The highest BCUT2D eigenvalue weighted by atomic mass is 16.5. The first-order valence-corrected chi connectivity index (χ1v) is 8.85. The second kappa shape index (κ2) is 5.71. The van der Waals surface area contributed by atoms with E-state index in [4.69, 9.17) is 4.74 Å². The average molecular weight is 315 g/mol. The van der Waals surface area contributed by atoms with Gasteiger partial charge in [-0.1, -0.05) is 38.1 Å². The van der Waals surface area contributed by atoms with Crippen LogP contribution in [0.5, 0.6) is 0 Å². The summed E-state index contributed by atoms with van der Waals surface area (Å²) in [6.45, 7) is 11.3. The van der Waals surface area contributed by atoms with Crippen LogP contribution in [0.15, 0.2) is 24.3 Å². The van der Waals surface area contributed by atoms with Crippen LogP contribution < -0.4 is 5.32 Å². The minimum atomic E-state index is -0.667. The van der Waals surface area contributed by atoms with Crippen molar-refractivity contribution in [3.63, 3.8) is 0 Å². The summed E-state index contributed by atoms with van der Waals surface area (Å²) < 4.78 is 6.39. The molecule has 3 atom stereocenters. The molecule has 0 bridgehead atoms. The molecule has 1 aliphatic heterocycles. The Morgan fingerprint density at radius 3 is 2.35 bits per heavy atom. The number of rotatable bonds is 4. The van der Waals surface area contributed by atoms with Crippen LogP contribution in [0.1, 0.15) is 64.5 Å². The molecule has 1 heterocycles. The Kier molecular flexibility index (Phi) is 4.14. The molecule has 1 aromatic carbocycles. The van der Waals surface area contributed by atoms with E-state index in [1.54, 1.807) is 0 Å². The van der Waals surface area contributed by atoms with Crippen molar-refractivity contribution in [3.8, 4) is 0 Å².